The highest BCUT2D eigenvalue weighted by Gasteiger charge is 2.18. The molecule has 31 heavy (non-hydrogen) atoms. The highest BCUT2D eigenvalue weighted by atomic mass is 16.6. The van der Waals surface area contributed by atoms with E-state index in [1.54, 1.807) is 31.2 Å². The zero-order valence-corrected chi connectivity index (χ0v) is 18.3. The molecular formula is C26H27NO4. The molecule has 0 heterocycles. The fourth-order valence-corrected chi connectivity index (χ4v) is 3.11. The SMILES string of the molecule is CCc1cccc(OC(C)C(=O)Oc2ccc(C(=O)Nc3ccc(C)cc3C)cc2)c1. The second-order valence-electron chi connectivity index (χ2n) is 7.48. The number of benzene rings is 3. The van der Waals surface area contributed by atoms with Crippen LogP contribution in [0.1, 0.15) is 40.9 Å². The lowest BCUT2D eigenvalue weighted by Gasteiger charge is -2.14. The first-order valence-corrected chi connectivity index (χ1v) is 10.3. The molecule has 3 aromatic rings. The van der Waals surface area contributed by atoms with Crippen LogP contribution in [0.3, 0.4) is 0 Å². The summed E-state index contributed by atoms with van der Waals surface area (Å²) in [4.78, 5) is 24.9. The second-order valence-corrected chi connectivity index (χ2v) is 7.48. The Kier molecular flexibility index (Phi) is 7.08. The summed E-state index contributed by atoms with van der Waals surface area (Å²) in [5.74, 6) is 0.250. The van der Waals surface area contributed by atoms with Crippen LogP contribution in [0, 0.1) is 13.8 Å². The summed E-state index contributed by atoms with van der Waals surface area (Å²) in [5.41, 5.74) is 4.51. The first-order valence-electron chi connectivity index (χ1n) is 10.3. The van der Waals surface area contributed by atoms with Crippen molar-refractivity contribution in [2.75, 3.05) is 5.32 Å². The topological polar surface area (TPSA) is 64.6 Å². The van der Waals surface area contributed by atoms with Crippen molar-refractivity contribution in [3.8, 4) is 11.5 Å². The Morgan fingerprint density at radius 2 is 1.68 bits per heavy atom. The van der Waals surface area contributed by atoms with Gasteiger partial charge in [-0.1, -0.05) is 36.8 Å². The zero-order valence-electron chi connectivity index (χ0n) is 18.3. The summed E-state index contributed by atoms with van der Waals surface area (Å²) in [6, 6.07) is 19.9. The molecule has 3 rings (SSSR count). The molecule has 160 valence electrons. The normalized spacial score (nSPS) is 11.5. The molecule has 0 spiro atoms. The Hall–Kier alpha value is -3.60. The molecule has 1 amide bonds. The Labute approximate surface area is 183 Å². The number of carbonyl (C=O) groups excluding carboxylic acids is 2. The molecule has 1 atom stereocenters. The largest absolute Gasteiger partial charge is 0.479 e. The minimum atomic E-state index is -0.764. The Morgan fingerprint density at radius 3 is 2.35 bits per heavy atom. The third kappa shape index (κ3) is 5.95. The van der Waals surface area contributed by atoms with Gasteiger partial charge in [-0.3, -0.25) is 4.79 Å². The van der Waals surface area contributed by atoms with Gasteiger partial charge in [-0.2, -0.15) is 0 Å². The third-order valence-corrected chi connectivity index (χ3v) is 4.92. The maximum Gasteiger partial charge on any atom is 0.352 e. The lowest BCUT2D eigenvalue weighted by Crippen LogP contribution is -2.28. The van der Waals surface area contributed by atoms with Gasteiger partial charge in [0.25, 0.3) is 5.91 Å². The molecule has 0 radical (unpaired) electrons. The summed E-state index contributed by atoms with van der Waals surface area (Å²) in [5, 5.41) is 2.90. The molecule has 5 heteroatoms. The van der Waals surface area contributed by atoms with Crippen molar-refractivity contribution in [1.82, 2.24) is 0 Å². The second kappa shape index (κ2) is 9.94. The number of anilines is 1. The summed E-state index contributed by atoms with van der Waals surface area (Å²) in [7, 11) is 0. The minimum absolute atomic E-state index is 0.225. The molecule has 1 N–H and O–H groups in total. The lowest BCUT2D eigenvalue weighted by atomic mass is 10.1. The van der Waals surface area contributed by atoms with Crippen molar-refractivity contribution in [3.05, 3.63) is 89.0 Å². The monoisotopic (exact) mass is 417 g/mol. The highest BCUT2D eigenvalue weighted by Crippen LogP contribution is 2.20. The van der Waals surface area contributed by atoms with E-state index in [0.717, 1.165) is 28.8 Å². The minimum Gasteiger partial charge on any atom is -0.479 e. The van der Waals surface area contributed by atoms with E-state index in [9.17, 15) is 9.59 Å². The molecule has 0 saturated heterocycles. The maximum atomic E-state index is 12.5. The molecule has 0 aliphatic carbocycles. The summed E-state index contributed by atoms with van der Waals surface area (Å²) < 4.78 is 11.1. The van der Waals surface area contributed by atoms with Crippen LogP contribution in [0.5, 0.6) is 11.5 Å². The van der Waals surface area contributed by atoms with E-state index in [1.807, 2.05) is 56.3 Å². The summed E-state index contributed by atoms with van der Waals surface area (Å²) in [6.07, 6.45) is 0.124. The van der Waals surface area contributed by atoms with E-state index >= 15 is 0 Å². The number of ether oxygens (including phenoxy) is 2. The van der Waals surface area contributed by atoms with Crippen LogP contribution in [-0.2, 0) is 11.2 Å². The number of aryl methyl sites for hydroxylation is 3. The number of hydrogen-bond acceptors (Lipinski definition) is 4. The van der Waals surface area contributed by atoms with Crippen molar-refractivity contribution in [1.29, 1.82) is 0 Å². The van der Waals surface area contributed by atoms with Crippen LogP contribution >= 0.6 is 0 Å². The van der Waals surface area contributed by atoms with Gasteiger partial charge in [0, 0.05) is 11.3 Å². The predicted molar refractivity (Wildman–Crippen MR) is 122 cm³/mol. The van der Waals surface area contributed by atoms with E-state index in [2.05, 4.69) is 12.2 Å². The Balaban J connectivity index is 1.59. The van der Waals surface area contributed by atoms with E-state index < -0.39 is 12.1 Å². The van der Waals surface area contributed by atoms with E-state index in [0.29, 0.717) is 17.1 Å². The van der Waals surface area contributed by atoms with Crippen molar-refractivity contribution in [3.63, 3.8) is 0 Å². The molecule has 0 aromatic heterocycles. The quantitative estimate of drug-likeness (QED) is 0.408. The average Bonchev–Trinajstić information content (AvgIpc) is 2.76. The maximum absolute atomic E-state index is 12.5. The number of carbonyl (C=O) groups is 2. The number of rotatable bonds is 7. The molecule has 0 aliphatic rings. The molecule has 3 aromatic carbocycles. The smallest absolute Gasteiger partial charge is 0.352 e. The molecule has 0 aliphatic heterocycles. The standard InChI is InChI=1S/C26H27NO4/c1-5-20-7-6-8-23(16-20)30-19(4)26(29)31-22-12-10-21(11-13-22)25(28)27-24-14-9-17(2)15-18(24)3/h6-16,19H,5H2,1-4H3,(H,27,28). The van der Waals surface area contributed by atoms with Crippen LogP contribution in [0.4, 0.5) is 5.69 Å². The highest BCUT2D eigenvalue weighted by molar-refractivity contribution is 6.04. The first-order chi connectivity index (χ1) is 14.9. The molecule has 0 fully saturated rings. The molecule has 1 unspecified atom stereocenters. The molecule has 5 nitrogen and oxygen atoms in total. The van der Waals surface area contributed by atoms with Gasteiger partial charge in [0.1, 0.15) is 11.5 Å². The average molecular weight is 418 g/mol. The van der Waals surface area contributed by atoms with Crippen molar-refractivity contribution >= 4 is 17.6 Å². The molecular weight excluding hydrogens is 390 g/mol. The van der Waals surface area contributed by atoms with Crippen molar-refractivity contribution in [2.24, 2.45) is 0 Å². The van der Waals surface area contributed by atoms with Gasteiger partial charge in [-0.25, -0.2) is 4.79 Å². The van der Waals surface area contributed by atoms with E-state index in [-0.39, 0.29) is 5.91 Å². The van der Waals surface area contributed by atoms with Crippen LogP contribution in [-0.4, -0.2) is 18.0 Å². The summed E-state index contributed by atoms with van der Waals surface area (Å²) >= 11 is 0. The number of amides is 1. The van der Waals surface area contributed by atoms with Crippen LogP contribution in [0.2, 0.25) is 0 Å². The predicted octanol–water partition coefficient (Wildman–Crippen LogP) is 5.49. The van der Waals surface area contributed by atoms with Gasteiger partial charge in [-0.05, 0) is 80.8 Å². The van der Waals surface area contributed by atoms with Gasteiger partial charge < -0.3 is 14.8 Å². The van der Waals surface area contributed by atoms with Crippen molar-refractivity contribution < 1.29 is 19.1 Å². The number of esters is 1. The van der Waals surface area contributed by atoms with Crippen LogP contribution < -0.4 is 14.8 Å². The molecule has 0 bridgehead atoms. The third-order valence-electron chi connectivity index (χ3n) is 4.92. The van der Waals surface area contributed by atoms with Gasteiger partial charge in [-0.15, -0.1) is 0 Å². The fraction of sp³-hybridized carbons (Fsp3) is 0.231. The van der Waals surface area contributed by atoms with Crippen molar-refractivity contribution in [2.45, 2.75) is 40.2 Å². The van der Waals surface area contributed by atoms with Gasteiger partial charge in [0.2, 0.25) is 0 Å². The van der Waals surface area contributed by atoms with Crippen LogP contribution in [0.15, 0.2) is 66.7 Å². The number of nitrogens with one attached hydrogen (secondary N) is 1. The van der Waals surface area contributed by atoms with E-state index in [1.165, 1.54) is 0 Å². The van der Waals surface area contributed by atoms with Gasteiger partial charge in [0.15, 0.2) is 6.10 Å². The molecule has 0 saturated carbocycles. The lowest BCUT2D eigenvalue weighted by molar-refractivity contribution is -0.141. The van der Waals surface area contributed by atoms with Crippen LogP contribution in [0.25, 0.3) is 0 Å². The summed E-state index contributed by atoms with van der Waals surface area (Å²) in [6.45, 7) is 7.66. The van der Waals surface area contributed by atoms with Gasteiger partial charge >= 0.3 is 5.97 Å². The zero-order chi connectivity index (χ0) is 22.4. The van der Waals surface area contributed by atoms with Gasteiger partial charge in [0.05, 0.1) is 0 Å². The number of hydrogen-bond donors (Lipinski definition) is 1. The first kappa shape index (κ1) is 22.1. The Morgan fingerprint density at radius 1 is 0.935 bits per heavy atom. The Bertz CT molecular complexity index is 1070. The van der Waals surface area contributed by atoms with E-state index in [4.69, 9.17) is 9.47 Å². The fourth-order valence-electron chi connectivity index (χ4n) is 3.11.